The minimum Gasteiger partial charge on any atom is -0.480 e. The third kappa shape index (κ3) is 2.41. The highest BCUT2D eigenvalue weighted by molar-refractivity contribution is 5.96. The highest BCUT2D eigenvalue weighted by Crippen LogP contribution is 2.45. The summed E-state index contributed by atoms with van der Waals surface area (Å²) < 4.78 is 35.3. The van der Waals surface area contributed by atoms with Crippen LogP contribution in [-0.2, 0) is 7.05 Å². The van der Waals surface area contributed by atoms with Crippen LogP contribution < -0.4 is 15.6 Å². The molecule has 0 saturated heterocycles. The lowest BCUT2D eigenvalue weighted by Gasteiger charge is -2.25. The van der Waals surface area contributed by atoms with E-state index in [1.54, 1.807) is 0 Å². The molecule has 1 unspecified atom stereocenters. The molecule has 0 radical (unpaired) electrons. The van der Waals surface area contributed by atoms with E-state index in [9.17, 15) is 23.7 Å². The Morgan fingerprint density at radius 3 is 2.76 bits per heavy atom. The number of hydrogen-bond acceptors (Lipinski definition) is 5. The average Bonchev–Trinajstić information content (AvgIpc) is 3.39. The van der Waals surface area contributed by atoms with Gasteiger partial charge in [0.25, 0.3) is 11.2 Å². The van der Waals surface area contributed by atoms with Gasteiger partial charge in [-0.1, -0.05) is 0 Å². The number of nitrogens with one attached hydrogen (secondary N) is 1. The first kappa shape index (κ1) is 15.8. The Morgan fingerprint density at radius 2 is 2.12 bits per heavy atom. The molecule has 4 rings (SSSR count). The molecule has 1 fully saturated rings. The Morgan fingerprint density at radius 1 is 1.40 bits per heavy atom. The SMILES string of the molecule is Cn1c(=O)c2c(c3cc([N+](=O)[O-])ccc31)NC(C1CC1)C(F)(F)CO2. The fraction of sp³-hybridized carbons (Fsp3) is 0.438. The average molecular weight is 351 g/mol. The summed E-state index contributed by atoms with van der Waals surface area (Å²) in [5, 5.41) is 14.2. The van der Waals surface area contributed by atoms with Gasteiger partial charge in [-0.15, -0.1) is 0 Å². The van der Waals surface area contributed by atoms with Gasteiger partial charge in [-0.25, -0.2) is 8.78 Å². The molecule has 1 N–H and O–H groups in total. The van der Waals surface area contributed by atoms with Gasteiger partial charge in [-0.3, -0.25) is 14.9 Å². The van der Waals surface area contributed by atoms with Gasteiger partial charge >= 0.3 is 5.92 Å². The zero-order valence-corrected chi connectivity index (χ0v) is 13.3. The third-order valence-corrected chi connectivity index (χ3v) is 4.80. The fourth-order valence-corrected chi connectivity index (χ4v) is 3.31. The predicted octanol–water partition coefficient (Wildman–Crippen LogP) is 2.66. The van der Waals surface area contributed by atoms with Crippen LogP contribution in [0.2, 0.25) is 0 Å². The van der Waals surface area contributed by atoms with Crippen LogP contribution in [0, 0.1) is 16.0 Å². The molecule has 0 spiro atoms. The lowest BCUT2D eigenvalue weighted by atomic mass is 10.0. The number of alkyl halides is 2. The maximum Gasteiger partial charge on any atom is 0.301 e. The maximum absolute atomic E-state index is 14.4. The molecule has 2 aliphatic rings. The molecule has 1 aromatic heterocycles. The van der Waals surface area contributed by atoms with Crippen LogP contribution >= 0.6 is 0 Å². The fourth-order valence-electron chi connectivity index (χ4n) is 3.31. The molecule has 1 saturated carbocycles. The minimum atomic E-state index is -3.14. The number of aryl methyl sites for hydroxylation is 1. The summed E-state index contributed by atoms with van der Waals surface area (Å²) in [5.74, 6) is -3.57. The quantitative estimate of drug-likeness (QED) is 0.664. The van der Waals surface area contributed by atoms with Gasteiger partial charge in [0.2, 0.25) is 5.75 Å². The Balaban J connectivity index is 1.99. The molecule has 2 heterocycles. The first-order chi connectivity index (χ1) is 11.8. The van der Waals surface area contributed by atoms with Gasteiger partial charge in [0.1, 0.15) is 0 Å². The number of ether oxygens (including phenoxy) is 1. The molecule has 25 heavy (non-hydrogen) atoms. The smallest absolute Gasteiger partial charge is 0.301 e. The van der Waals surface area contributed by atoms with E-state index in [0.29, 0.717) is 23.7 Å². The number of halogens is 2. The number of benzene rings is 1. The highest BCUT2D eigenvalue weighted by Gasteiger charge is 2.51. The monoisotopic (exact) mass is 351 g/mol. The van der Waals surface area contributed by atoms with E-state index in [2.05, 4.69) is 5.32 Å². The van der Waals surface area contributed by atoms with E-state index >= 15 is 0 Å². The van der Waals surface area contributed by atoms with Crippen molar-refractivity contribution < 1.29 is 18.4 Å². The van der Waals surface area contributed by atoms with Crippen LogP contribution in [0.5, 0.6) is 5.75 Å². The number of hydrogen-bond donors (Lipinski definition) is 1. The van der Waals surface area contributed by atoms with E-state index < -0.39 is 29.1 Å². The zero-order valence-electron chi connectivity index (χ0n) is 13.3. The number of non-ortho nitro benzene ring substituents is 1. The second-order valence-corrected chi connectivity index (χ2v) is 6.54. The van der Waals surface area contributed by atoms with E-state index in [4.69, 9.17) is 4.74 Å². The number of nitro groups is 1. The second kappa shape index (κ2) is 5.14. The predicted molar refractivity (Wildman–Crippen MR) is 86.4 cm³/mol. The van der Waals surface area contributed by atoms with Gasteiger partial charge in [0.15, 0.2) is 6.61 Å². The molecule has 1 atom stereocenters. The van der Waals surface area contributed by atoms with Crippen LogP contribution in [0.4, 0.5) is 20.2 Å². The van der Waals surface area contributed by atoms with Crippen LogP contribution in [0.3, 0.4) is 0 Å². The van der Waals surface area contributed by atoms with Gasteiger partial charge < -0.3 is 14.6 Å². The topological polar surface area (TPSA) is 86.4 Å². The van der Waals surface area contributed by atoms with Crippen molar-refractivity contribution in [3.8, 4) is 5.75 Å². The van der Waals surface area contributed by atoms with Gasteiger partial charge in [0, 0.05) is 24.6 Å². The standard InChI is InChI=1S/C16H15F2N3O4/c1-20-11-5-4-9(21(23)24)6-10(11)12-13(15(20)22)25-7-16(17,18)14(19-12)8-2-3-8/h4-6,8,14,19H,2-3,7H2,1H3. The molecule has 132 valence electrons. The lowest BCUT2D eigenvalue weighted by Crippen LogP contribution is -2.44. The summed E-state index contributed by atoms with van der Waals surface area (Å²) in [6, 6.07) is 2.82. The number of anilines is 1. The van der Waals surface area contributed by atoms with Crippen molar-refractivity contribution in [2.24, 2.45) is 13.0 Å². The third-order valence-electron chi connectivity index (χ3n) is 4.80. The van der Waals surface area contributed by atoms with Gasteiger partial charge in [-0.2, -0.15) is 0 Å². The zero-order chi connectivity index (χ0) is 17.9. The van der Waals surface area contributed by atoms with Crippen molar-refractivity contribution in [1.82, 2.24) is 4.57 Å². The number of pyridine rings is 1. The normalized spacial score (nSPS) is 21.8. The Labute approximate surface area is 140 Å². The molecule has 1 aliphatic carbocycles. The van der Waals surface area contributed by atoms with Crippen LogP contribution in [0.25, 0.3) is 10.9 Å². The molecular weight excluding hydrogens is 336 g/mol. The molecule has 0 bridgehead atoms. The minimum absolute atomic E-state index is 0.107. The highest BCUT2D eigenvalue weighted by atomic mass is 19.3. The maximum atomic E-state index is 14.4. The second-order valence-electron chi connectivity index (χ2n) is 6.54. The Bertz CT molecular complexity index is 953. The van der Waals surface area contributed by atoms with Gasteiger partial charge in [0.05, 0.1) is 22.2 Å². The largest absolute Gasteiger partial charge is 0.480 e. The Kier molecular flexibility index (Phi) is 3.25. The summed E-state index contributed by atoms with van der Waals surface area (Å²) in [7, 11) is 1.47. The van der Waals surface area contributed by atoms with Crippen molar-refractivity contribution in [3.63, 3.8) is 0 Å². The number of nitrogens with zero attached hydrogens (tertiary/aromatic N) is 2. The van der Waals surface area contributed by atoms with Crippen LogP contribution in [0.1, 0.15) is 12.8 Å². The summed E-state index contributed by atoms with van der Waals surface area (Å²) in [6.07, 6.45) is 1.34. The number of nitro benzene ring substituents is 1. The Hall–Kier alpha value is -2.71. The summed E-state index contributed by atoms with van der Waals surface area (Å²) in [6.45, 7) is -0.899. The lowest BCUT2D eigenvalue weighted by molar-refractivity contribution is -0.384. The van der Waals surface area contributed by atoms with Gasteiger partial charge in [-0.05, 0) is 24.8 Å². The number of rotatable bonds is 2. The number of aromatic nitrogens is 1. The van der Waals surface area contributed by atoms with Crippen molar-refractivity contribution in [3.05, 3.63) is 38.7 Å². The molecular formula is C16H15F2N3O4. The molecule has 7 nitrogen and oxygen atoms in total. The van der Waals surface area contributed by atoms with Crippen molar-refractivity contribution in [1.29, 1.82) is 0 Å². The number of fused-ring (bicyclic) bond motifs is 3. The first-order valence-corrected chi connectivity index (χ1v) is 7.88. The molecule has 1 aromatic carbocycles. The van der Waals surface area contributed by atoms with Crippen LogP contribution in [-0.4, -0.2) is 28.1 Å². The molecule has 9 heteroatoms. The molecule has 2 aromatic rings. The van der Waals surface area contributed by atoms with Crippen LogP contribution in [0.15, 0.2) is 23.0 Å². The summed E-state index contributed by atoms with van der Waals surface area (Å²) >= 11 is 0. The van der Waals surface area contributed by atoms with E-state index in [0.717, 1.165) is 0 Å². The first-order valence-electron chi connectivity index (χ1n) is 7.88. The van der Waals surface area contributed by atoms with Crippen molar-refractivity contribution >= 4 is 22.3 Å². The molecule has 0 amide bonds. The van der Waals surface area contributed by atoms with E-state index in [-0.39, 0.29) is 23.0 Å². The summed E-state index contributed by atoms with van der Waals surface area (Å²) in [4.78, 5) is 23.0. The van der Waals surface area contributed by atoms with E-state index in [1.807, 2.05) is 0 Å². The summed E-state index contributed by atoms with van der Waals surface area (Å²) in [5.41, 5.74) is -0.230. The van der Waals surface area contributed by atoms with Crippen molar-refractivity contribution in [2.45, 2.75) is 24.8 Å². The molecule has 1 aliphatic heterocycles. The van der Waals surface area contributed by atoms with Crippen molar-refractivity contribution in [2.75, 3.05) is 11.9 Å². The van der Waals surface area contributed by atoms with E-state index in [1.165, 1.54) is 29.8 Å².